The first kappa shape index (κ1) is 18.0. The number of benzene rings is 1. The van der Waals surface area contributed by atoms with Crippen molar-refractivity contribution in [2.75, 3.05) is 26.4 Å². The van der Waals surface area contributed by atoms with Crippen LogP contribution in [0.4, 0.5) is 0 Å². The first-order chi connectivity index (χ1) is 12.1. The zero-order valence-corrected chi connectivity index (χ0v) is 15.4. The maximum Gasteiger partial charge on any atom is 0.226 e. The molecule has 0 radical (unpaired) electrons. The molecule has 4 N–H and O–H groups in total. The molecule has 2 aliphatic heterocycles. The number of aliphatic imine (C=N–C) groups is 2. The van der Waals surface area contributed by atoms with E-state index < -0.39 is 5.66 Å². The highest BCUT2D eigenvalue weighted by molar-refractivity contribution is 9.10. The summed E-state index contributed by atoms with van der Waals surface area (Å²) in [6, 6.07) is 7.70. The third-order valence-corrected chi connectivity index (χ3v) is 4.55. The van der Waals surface area contributed by atoms with Gasteiger partial charge >= 0.3 is 0 Å². The van der Waals surface area contributed by atoms with Gasteiger partial charge in [-0.15, -0.1) is 0 Å². The zero-order chi connectivity index (χ0) is 17.7. The van der Waals surface area contributed by atoms with Gasteiger partial charge in [-0.1, -0.05) is 15.9 Å². The van der Waals surface area contributed by atoms with E-state index >= 15 is 0 Å². The number of nitrogens with zero attached hydrogens (tertiary/aromatic N) is 3. The molecular weight excluding hydrogens is 390 g/mol. The Kier molecular flexibility index (Phi) is 5.77. The van der Waals surface area contributed by atoms with Gasteiger partial charge in [0.15, 0.2) is 5.66 Å². The van der Waals surface area contributed by atoms with E-state index in [0.29, 0.717) is 45.7 Å². The Hall–Kier alpha value is -1.84. The Balaban J connectivity index is 1.50. The first-order valence-corrected chi connectivity index (χ1v) is 8.97. The average molecular weight is 412 g/mol. The summed E-state index contributed by atoms with van der Waals surface area (Å²) in [5, 5.41) is 1.57. The van der Waals surface area contributed by atoms with Crippen LogP contribution in [0, 0.1) is 0 Å². The second-order valence-corrected chi connectivity index (χ2v) is 6.73. The van der Waals surface area contributed by atoms with Gasteiger partial charge in [0.1, 0.15) is 5.75 Å². The molecule has 9 heteroatoms. The molecule has 1 saturated heterocycles. The molecule has 0 bridgehead atoms. The summed E-state index contributed by atoms with van der Waals surface area (Å²) in [6.45, 7) is 2.13. The van der Waals surface area contributed by atoms with Gasteiger partial charge in [0.05, 0.1) is 26.4 Å². The van der Waals surface area contributed by atoms with E-state index in [1.807, 2.05) is 24.3 Å². The number of hydroxylamine groups is 2. The first-order valence-electron chi connectivity index (χ1n) is 8.18. The molecule has 1 fully saturated rings. The van der Waals surface area contributed by atoms with Crippen LogP contribution in [0.1, 0.15) is 19.3 Å². The van der Waals surface area contributed by atoms with Gasteiger partial charge < -0.3 is 20.9 Å². The lowest BCUT2D eigenvalue weighted by atomic mass is 10.0. The third kappa shape index (κ3) is 4.42. The molecule has 1 spiro atoms. The quantitative estimate of drug-likeness (QED) is 0.688. The Bertz CT molecular complexity index is 644. The van der Waals surface area contributed by atoms with Gasteiger partial charge in [0.2, 0.25) is 11.9 Å². The molecule has 2 heterocycles. The standard InChI is InChI=1S/C16H22BrN5O3/c17-12-2-4-13(5-3-12)24-8-1-9-25-22-15(19)20-14(18)21-16(22)6-10-23-11-7-16/h2-5H,1,6-11H2,(H4,18,19,20,21). The molecule has 0 unspecified atom stereocenters. The SMILES string of the molecule is NC1=NC2(CCOCC2)N(OCCCOc2ccc(Br)cc2)C(N)=N1. The molecule has 1 aromatic carbocycles. The van der Waals surface area contributed by atoms with E-state index in [1.165, 1.54) is 0 Å². The molecule has 2 aliphatic rings. The minimum atomic E-state index is -0.624. The summed E-state index contributed by atoms with van der Waals surface area (Å²) >= 11 is 3.39. The number of nitrogens with two attached hydrogens (primary N) is 2. The van der Waals surface area contributed by atoms with Crippen LogP contribution in [0.25, 0.3) is 0 Å². The van der Waals surface area contributed by atoms with Gasteiger partial charge in [-0.2, -0.15) is 10.1 Å². The predicted molar refractivity (Wildman–Crippen MR) is 98.1 cm³/mol. The van der Waals surface area contributed by atoms with Crippen molar-refractivity contribution in [3.63, 3.8) is 0 Å². The fraction of sp³-hybridized carbons (Fsp3) is 0.500. The van der Waals surface area contributed by atoms with E-state index in [2.05, 4.69) is 25.9 Å². The monoisotopic (exact) mass is 411 g/mol. The molecular formula is C16H22BrN5O3. The van der Waals surface area contributed by atoms with Crippen molar-refractivity contribution >= 4 is 27.8 Å². The van der Waals surface area contributed by atoms with Crippen molar-refractivity contribution in [2.24, 2.45) is 21.5 Å². The van der Waals surface area contributed by atoms with Crippen molar-refractivity contribution in [3.8, 4) is 5.75 Å². The maximum absolute atomic E-state index is 6.01. The normalized spacial score (nSPS) is 19.5. The molecule has 3 rings (SSSR count). The van der Waals surface area contributed by atoms with Crippen LogP contribution in [-0.4, -0.2) is 49.1 Å². The summed E-state index contributed by atoms with van der Waals surface area (Å²) in [5.41, 5.74) is 11.2. The molecule has 0 amide bonds. The Morgan fingerprint density at radius 3 is 2.60 bits per heavy atom. The number of hydrogen-bond acceptors (Lipinski definition) is 8. The van der Waals surface area contributed by atoms with Crippen molar-refractivity contribution in [1.82, 2.24) is 5.06 Å². The van der Waals surface area contributed by atoms with E-state index in [0.717, 1.165) is 10.2 Å². The highest BCUT2D eigenvalue weighted by Gasteiger charge is 2.43. The number of guanidine groups is 2. The Morgan fingerprint density at radius 2 is 1.88 bits per heavy atom. The highest BCUT2D eigenvalue weighted by atomic mass is 79.9. The number of rotatable bonds is 6. The van der Waals surface area contributed by atoms with Gasteiger partial charge in [-0.05, 0) is 24.3 Å². The third-order valence-electron chi connectivity index (χ3n) is 4.02. The number of ether oxygens (including phenoxy) is 2. The Labute approximate surface area is 154 Å². The topological polar surface area (TPSA) is 108 Å². The van der Waals surface area contributed by atoms with Crippen LogP contribution in [0.15, 0.2) is 38.7 Å². The maximum atomic E-state index is 6.01. The molecule has 136 valence electrons. The van der Waals surface area contributed by atoms with Gasteiger partial charge in [-0.25, -0.2) is 4.99 Å². The average Bonchev–Trinajstić information content (AvgIpc) is 2.59. The van der Waals surface area contributed by atoms with Crippen molar-refractivity contribution < 1.29 is 14.3 Å². The Morgan fingerprint density at radius 1 is 1.16 bits per heavy atom. The summed E-state index contributed by atoms with van der Waals surface area (Å²) in [5.74, 6) is 1.22. The van der Waals surface area contributed by atoms with E-state index in [-0.39, 0.29) is 11.9 Å². The molecule has 1 aromatic rings. The van der Waals surface area contributed by atoms with Crippen LogP contribution >= 0.6 is 15.9 Å². The largest absolute Gasteiger partial charge is 0.494 e. The van der Waals surface area contributed by atoms with E-state index in [1.54, 1.807) is 5.06 Å². The lowest BCUT2D eigenvalue weighted by Crippen LogP contribution is -2.59. The summed E-state index contributed by atoms with van der Waals surface area (Å²) in [4.78, 5) is 14.4. The second-order valence-electron chi connectivity index (χ2n) is 5.82. The number of halogens is 1. The summed E-state index contributed by atoms with van der Waals surface area (Å²) in [7, 11) is 0. The lowest BCUT2D eigenvalue weighted by Gasteiger charge is -2.43. The van der Waals surface area contributed by atoms with Crippen LogP contribution in [0.3, 0.4) is 0 Å². The highest BCUT2D eigenvalue weighted by Crippen LogP contribution is 2.31. The smallest absolute Gasteiger partial charge is 0.226 e. The van der Waals surface area contributed by atoms with E-state index in [4.69, 9.17) is 25.8 Å². The molecule has 8 nitrogen and oxygen atoms in total. The molecule has 0 aromatic heterocycles. The second kappa shape index (κ2) is 8.03. The molecule has 0 atom stereocenters. The predicted octanol–water partition coefficient (Wildman–Crippen LogP) is 1.60. The van der Waals surface area contributed by atoms with Crippen LogP contribution in [0.2, 0.25) is 0 Å². The van der Waals surface area contributed by atoms with Crippen LogP contribution in [0.5, 0.6) is 5.75 Å². The lowest BCUT2D eigenvalue weighted by molar-refractivity contribution is -0.190. The van der Waals surface area contributed by atoms with Crippen molar-refractivity contribution in [1.29, 1.82) is 0 Å². The fourth-order valence-corrected chi connectivity index (χ4v) is 3.06. The fourth-order valence-electron chi connectivity index (χ4n) is 2.79. The zero-order valence-electron chi connectivity index (χ0n) is 13.9. The van der Waals surface area contributed by atoms with E-state index in [9.17, 15) is 0 Å². The van der Waals surface area contributed by atoms with Gasteiger partial charge in [0.25, 0.3) is 0 Å². The minimum absolute atomic E-state index is 0.179. The van der Waals surface area contributed by atoms with Crippen LogP contribution < -0.4 is 16.2 Å². The number of hydrogen-bond donors (Lipinski definition) is 2. The summed E-state index contributed by atoms with van der Waals surface area (Å²) < 4.78 is 12.1. The van der Waals surface area contributed by atoms with Gasteiger partial charge in [-0.3, -0.25) is 4.84 Å². The molecule has 0 aliphatic carbocycles. The van der Waals surface area contributed by atoms with Crippen LogP contribution in [-0.2, 0) is 9.57 Å². The molecule has 0 saturated carbocycles. The van der Waals surface area contributed by atoms with Gasteiger partial charge in [0, 0.05) is 23.7 Å². The summed E-state index contributed by atoms with van der Waals surface area (Å²) in [6.07, 6.45) is 2.00. The molecule has 25 heavy (non-hydrogen) atoms. The van der Waals surface area contributed by atoms with Crippen molar-refractivity contribution in [2.45, 2.75) is 24.9 Å². The minimum Gasteiger partial charge on any atom is -0.494 e. The van der Waals surface area contributed by atoms with Crippen molar-refractivity contribution in [3.05, 3.63) is 28.7 Å².